The number of carboxylic acids is 1. The van der Waals surface area contributed by atoms with Gasteiger partial charge < -0.3 is 14.9 Å². The van der Waals surface area contributed by atoms with Crippen LogP contribution < -0.4 is 4.90 Å². The summed E-state index contributed by atoms with van der Waals surface area (Å²) in [4.78, 5) is 35.8. The first-order chi connectivity index (χ1) is 11.5. The van der Waals surface area contributed by atoms with Gasteiger partial charge in [0.05, 0.1) is 12.6 Å². The number of hydrogen-bond donors (Lipinski definition) is 1. The Hall–Kier alpha value is -2.18. The molecule has 1 fully saturated rings. The van der Waals surface area contributed by atoms with Crippen molar-refractivity contribution in [2.24, 2.45) is 11.8 Å². The first-order valence-electron chi connectivity index (χ1n) is 8.49. The summed E-state index contributed by atoms with van der Waals surface area (Å²) in [6.07, 6.45) is 6.57. The summed E-state index contributed by atoms with van der Waals surface area (Å²) in [5, 5.41) is 8.89. The van der Waals surface area contributed by atoms with Crippen molar-refractivity contribution in [2.45, 2.75) is 33.1 Å². The number of hydrogen-bond acceptors (Lipinski definition) is 5. The standard InChI is InChI=1S/C17H26N4O3/c1-13(2)12-21(10-5-16(22)23)17(24)14-3-8-20(9-4-14)15-11-18-6-7-19-15/h6-7,11,13-14H,3-5,8-10,12H2,1-2H3,(H,22,23). The summed E-state index contributed by atoms with van der Waals surface area (Å²) in [7, 11) is 0. The Bertz CT molecular complexity index is 542. The van der Waals surface area contributed by atoms with Gasteiger partial charge >= 0.3 is 5.97 Å². The van der Waals surface area contributed by atoms with Crippen LogP contribution in [0.3, 0.4) is 0 Å². The minimum atomic E-state index is -0.867. The minimum Gasteiger partial charge on any atom is -0.481 e. The van der Waals surface area contributed by atoms with Crippen LogP contribution in [0, 0.1) is 11.8 Å². The van der Waals surface area contributed by atoms with Crippen molar-refractivity contribution in [3.05, 3.63) is 18.6 Å². The van der Waals surface area contributed by atoms with E-state index in [1.165, 1.54) is 0 Å². The Labute approximate surface area is 142 Å². The first-order valence-corrected chi connectivity index (χ1v) is 8.49. The molecule has 0 atom stereocenters. The number of piperidine rings is 1. The third-order valence-electron chi connectivity index (χ3n) is 4.21. The fourth-order valence-electron chi connectivity index (χ4n) is 3.03. The second-order valence-corrected chi connectivity index (χ2v) is 6.65. The molecule has 0 radical (unpaired) electrons. The van der Waals surface area contributed by atoms with Crippen LogP contribution in [0.5, 0.6) is 0 Å². The van der Waals surface area contributed by atoms with Gasteiger partial charge in [-0.3, -0.25) is 14.6 Å². The highest BCUT2D eigenvalue weighted by molar-refractivity contribution is 5.79. The molecular formula is C17H26N4O3. The smallest absolute Gasteiger partial charge is 0.305 e. The number of aliphatic carboxylic acids is 1. The number of nitrogens with zero attached hydrogens (tertiary/aromatic N) is 4. The minimum absolute atomic E-state index is 0.00307. The van der Waals surface area contributed by atoms with Gasteiger partial charge in [-0.05, 0) is 18.8 Å². The molecular weight excluding hydrogens is 308 g/mol. The molecule has 1 saturated heterocycles. The van der Waals surface area contributed by atoms with Gasteiger partial charge in [0, 0.05) is 44.5 Å². The van der Waals surface area contributed by atoms with Gasteiger partial charge in [-0.25, -0.2) is 4.98 Å². The van der Waals surface area contributed by atoms with E-state index in [1.807, 2.05) is 13.8 Å². The lowest BCUT2D eigenvalue weighted by Gasteiger charge is -2.35. The summed E-state index contributed by atoms with van der Waals surface area (Å²) in [5.41, 5.74) is 0. The molecule has 7 heteroatoms. The maximum absolute atomic E-state index is 12.8. The van der Waals surface area contributed by atoms with E-state index in [-0.39, 0.29) is 24.8 Å². The summed E-state index contributed by atoms with van der Waals surface area (Å²) < 4.78 is 0. The van der Waals surface area contributed by atoms with Gasteiger partial charge in [0.1, 0.15) is 5.82 Å². The number of carbonyl (C=O) groups is 2. The average molecular weight is 334 g/mol. The Kier molecular flexibility index (Phi) is 6.52. The first kappa shape index (κ1) is 18.2. The summed E-state index contributed by atoms with van der Waals surface area (Å²) >= 11 is 0. The zero-order valence-corrected chi connectivity index (χ0v) is 14.4. The highest BCUT2D eigenvalue weighted by atomic mass is 16.4. The highest BCUT2D eigenvalue weighted by Gasteiger charge is 2.29. The Morgan fingerprint density at radius 1 is 1.33 bits per heavy atom. The molecule has 24 heavy (non-hydrogen) atoms. The second kappa shape index (κ2) is 8.61. The van der Waals surface area contributed by atoms with Crippen molar-refractivity contribution < 1.29 is 14.7 Å². The number of carboxylic acid groups (broad SMARTS) is 1. The molecule has 1 aliphatic rings. The molecule has 2 rings (SSSR count). The second-order valence-electron chi connectivity index (χ2n) is 6.65. The zero-order valence-electron chi connectivity index (χ0n) is 14.4. The molecule has 0 aliphatic carbocycles. The van der Waals surface area contributed by atoms with Gasteiger partial charge in [-0.15, -0.1) is 0 Å². The van der Waals surface area contributed by atoms with Crippen LogP contribution >= 0.6 is 0 Å². The molecule has 0 aromatic carbocycles. The molecule has 7 nitrogen and oxygen atoms in total. The van der Waals surface area contributed by atoms with Crippen molar-refractivity contribution >= 4 is 17.7 Å². The molecule has 1 aromatic rings. The molecule has 1 aromatic heterocycles. The maximum atomic E-state index is 12.8. The van der Waals surface area contributed by atoms with E-state index >= 15 is 0 Å². The average Bonchev–Trinajstić information content (AvgIpc) is 2.58. The van der Waals surface area contributed by atoms with Crippen LogP contribution in [0.2, 0.25) is 0 Å². The molecule has 2 heterocycles. The lowest BCUT2D eigenvalue weighted by Crippen LogP contribution is -2.44. The number of amides is 1. The number of anilines is 1. The topological polar surface area (TPSA) is 86.6 Å². The fraction of sp³-hybridized carbons (Fsp3) is 0.647. The summed E-state index contributed by atoms with van der Waals surface area (Å²) in [5.74, 6) is 0.346. The Morgan fingerprint density at radius 2 is 2.04 bits per heavy atom. The van der Waals surface area contributed by atoms with E-state index < -0.39 is 5.97 Å². The molecule has 1 N–H and O–H groups in total. The largest absolute Gasteiger partial charge is 0.481 e. The highest BCUT2D eigenvalue weighted by Crippen LogP contribution is 2.23. The molecule has 0 spiro atoms. The van der Waals surface area contributed by atoms with Crippen LogP contribution in [0.1, 0.15) is 33.1 Å². The maximum Gasteiger partial charge on any atom is 0.305 e. The van der Waals surface area contributed by atoms with E-state index in [0.29, 0.717) is 12.5 Å². The fourth-order valence-corrected chi connectivity index (χ4v) is 3.03. The van der Waals surface area contributed by atoms with Gasteiger partial charge in [0.15, 0.2) is 0 Å². The van der Waals surface area contributed by atoms with Gasteiger partial charge in [-0.1, -0.05) is 13.8 Å². The molecule has 0 saturated carbocycles. The molecule has 132 valence electrons. The van der Waals surface area contributed by atoms with Gasteiger partial charge in [0.2, 0.25) is 5.91 Å². The molecule has 1 amide bonds. The zero-order chi connectivity index (χ0) is 17.5. The summed E-state index contributed by atoms with van der Waals surface area (Å²) in [6.45, 7) is 6.51. The van der Waals surface area contributed by atoms with E-state index in [1.54, 1.807) is 23.5 Å². The third kappa shape index (κ3) is 5.18. The van der Waals surface area contributed by atoms with Crippen LogP contribution in [0.15, 0.2) is 18.6 Å². The monoisotopic (exact) mass is 334 g/mol. The Morgan fingerprint density at radius 3 is 2.58 bits per heavy atom. The number of aromatic nitrogens is 2. The number of rotatable bonds is 7. The predicted molar refractivity (Wildman–Crippen MR) is 90.6 cm³/mol. The van der Waals surface area contributed by atoms with Crippen LogP contribution in [0.4, 0.5) is 5.82 Å². The lowest BCUT2D eigenvalue weighted by molar-refractivity contribution is -0.140. The third-order valence-corrected chi connectivity index (χ3v) is 4.21. The van der Waals surface area contributed by atoms with E-state index in [2.05, 4.69) is 14.9 Å². The van der Waals surface area contributed by atoms with Crippen molar-refractivity contribution in [2.75, 3.05) is 31.1 Å². The van der Waals surface area contributed by atoms with E-state index in [0.717, 1.165) is 31.7 Å². The van der Waals surface area contributed by atoms with Crippen molar-refractivity contribution in [3.63, 3.8) is 0 Å². The van der Waals surface area contributed by atoms with Gasteiger partial charge in [0.25, 0.3) is 0 Å². The lowest BCUT2D eigenvalue weighted by atomic mass is 9.94. The van der Waals surface area contributed by atoms with Crippen molar-refractivity contribution in [3.8, 4) is 0 Å². The molecule has 1 aliphatic heterocycles. The van der Waals surface area contributed by atoms with E-state index in [4.69, 9.17) is 5.11 Å². The van der Waals surface area contributed by atoms with Crippen molar-refractivity contribution in [1.29, 1.82) is 0 Å². The Balaban J connectivity index is 1.92. The van der Waals surface area contributed by atoms with Crippen LogP contribution in [0.25, 0.3) is 0 Å². The molecule has 0 bridgehead atoms. The SMILES string of the molecule is CC(C)CN(CCC(=O)O)C(=O)C1CCN(c2cnccn2)CC1. The normalized spacial score (nSPS) is 15.5. The van der Waals surface area contributed by atoms with Crippen LogP contribution in [-0.4, -0.2) is 58.0 Å². The number of carbonyl (C=O) groups excluding carboxylic acids is 1. The quantitative estimate of drug-likeness (QED) is 0.816. The van der Waals surface area contributed by atoms with Crippen molar-refractivity contribution in [1.82, 2.24) is 14.9 Å². The van der Waals surface area contributed by atoms with Crippen LogP contribution in [-0.2, 0) is 9.59 Å². The predicted octanol–water partition coefficient (Wildman–Crippen LogP) is 1.65. The summed E-state index contributed by atoms with van der Waals surface area (Å²) in [6, 6.07) is 0. The molecule has 0 unspecified atom stereocenters. The van der Waals surface area contributed by atoms with Gasteiger partial charge in [-0.2, -0.15) is 0 Å². The van der Waals surface area contributed by atoms with E-state index in [9.17, 15) is 9.59 Å².